The molecule has 2 heterocycles. The number of thiophene rings is 1. The van der Waals surface area contributed by atoms with Crippen molar-refractivity contribution in [2.45, 2.75) is 25.8 Å². The molecule has 0 aliphatic carbocycles. The second-order valence-electron chi connectivity index (χ2n) is 4.18. The van der Waals surface area contributed by atoms with Crippen LogP contribution in [0.3, 0.4) is 0 Å². The topological polar surface area (TPSA) is 42.0 Å². The fourth-order valence-electron chi connectivity index (χ4n) is 1.70. The van der Waals surface area contributed by atoms with Crippen LogP contribution in [-0.4, -0.2) is 17.8 Å². The van der Waals surface area contributed by atoms with Crippen LogP contribution in [0.4, 0.5) is 4.39 Å². The molecule has 2 aromatic rings. The van der Waals surface area contributed by atoms with Gasteiger partial charge in [-0.3, -0.25) is 4.79 Å². The Labute approximate surface area is 119 Å². The summed E-state index contributed by atoms with van der Waals surface area (Å²) in [4.78, 5) is 17.1. The Kier molecular flexibility index (Phi) is 5.18. The summed E-state index contributed by atoms with van der Waals surface area (Å²) < 4.78 is 12.8. The standard InChI is InChI=1S/C13H15FN2OS2/c1-15-7-9-8-18-13(16-9)6-10(17)2-3-11-4-5-12(14)19-11/h4-5,8,15H,2-3,6-7H2,1H3. The van der Waals surface area contributed by atoms with Gasteiger partial charge in [0, 0.05) is 23.2 Å². The van der Waals surface area contributed by atoms with Crippen molar-refractivity contribution in [3.05, 3.63) is 38.2 Å². The van der Waals surface area contributed by atoms with E-state index in [0.717, 1.165) is 33.5 Å². The van der Waals surface area contributed by atoms with E-state index >= 15 is 0 Å². The molecule has 19 heavy (non-hydrogen) atoms. The zero-order valence-electron chi connectivity index (χ0n) is 10.6. The number of carbonyl (C=O) groups is 1. The molecule has 2 rings (SSSR count). The van der Waals surface area contributed by atoms with Gasteiger partial charge in [0.05, 0.1) is 12.1 Å². The van der Waals surface area contributed by atoms with Gasteiger partial charge in [-0.2, -0.15) is 4.39 Å². The number of hydrogen-bond acceptors (Lipinski definition) is 5. The second kappa shape index (κ2) is 6.88. The van der Waals surface area contributed by atoms with Crippen molar-refractivity contribution in [1.82, 2.24) is 10.3 Å². The van der Waals surface area contributed by atoms with Crippen molar-refractivity contribution in [2.24, 2.45) is 0 Å². The summed E-state index contributed by atoms with van der Waals surface area (Å²) in [5.74, 6) is 0.152. The number of carbonyl (C=O) groups excluding carboxylic acids is 1. The van der Waals surface area contributed by atoms with Crippen LogP contribution in [-0.2, 0) is 24.2 Å². The first-order valence-corrected chi connectivity index (χ1v) is 7.71. The molecule has 0 saturated heterocycles. The normalized spacial score (nSPS) is 10.8. The molecule has 3 nitrogen and oxygen atoms in total. The van der Waals surface area contributed by atoms with Crippen LogP contribution < -0.4 is 5.32 Å². The molecule has 102 valence electrons. The van der Waals surface area contributed by atoms with E-state index in [1.807, 2.05) is 12.4 Å². The quantitative estimate of drug-likeness (QED) is 0.854. The van der Waals surface area contributed by atoms with Crippen molar-refractivity contribution in [3.8, 4) is 0 Å². The smallest absolute Gasteiger partial charge is 0.176 e. The first-order chi connectivity index (χ1) is 9.17. The van der Waals surface area contributed by atoms with Gasteiger partial charge in [0.15, 0.2) is 5.13 Å². The minimum Gasteiger partial charge on any atom is -0.314 e. The molecular weight excluding hydrogens is 283 g/mol. The van der Waals surface area contributed by atoms with Crippen LogP contribution in [0.1, 0.15) is 22.0 Å². The number of rotatable bonds is 7. The average molecular weight is 298 g/mol. The third-order valence-electron chi connectivity index (χ3n) is 2.58. The van der Waals surface area contributed by atoms with Gasteiger partial charge in [-0.25, -0.2) is 4.98 Å². The number of aryl methyl sites for hydroxylation is 1. The van der Waals surface area contributed by atoms with E-state index in [2.05, 4.69) is 10.3 Å². The summed E-state index contributed by atoms with van der Waals surface area (Å²) in [6.45, 7) is 0.721. The third-order valence-corrected chi connectivity index (χ3v) is 4.42. The largest absolute Gasteiger partial charge is 0.314 e. The number of hydrogen-bond donors (Lipinski definition) is 1. The Morgan fingerprint density at radius 3 is 3.00 bits per heavy atom. The Balaban J connectivity index is 1.80. The number of nitrogens with zero attached hydrogens (tertiary/aromatic N) is 1. The van der Waals surface area contributed by atoms with Crippen LogP contribution in [0.25, 0.3) is 0 Å². The summed E-state index contributed by atoms with van der Waals surface area (Å²) in [6, 6.07) is 3.18. The Hall–Kier alpha value is -1.11. The minimum atomic E-state index is -0.195. The number of nitrogens with one attached hydrogen (secondary N) is 1. The molecule has 6 heteroatoms. The Morgan fingerprint density at radius 2 is 2.32 bits per heavy atom. The van der Waals surface area contributed by atoms with E-state index in [1.54, 1.807) is 6.07 Å². The van der Waals surface area contributed by atoms with E-state index in [-0.39, 0.29) is 10.9 Å². The van der Waals surface area contributed by atoms with Crippen LogP contribution in [0.2, 0.25) is 0 Å². The molecule has 0 spiro atoms. The molecule has 0 amide bonds. The van der Waals surface area contributed by atoms with E-state index < -0.39 is 0 Å². The van der Waals surface area contributed by atoms with Crippen molar-refractivity contribution >= 4 is 28.5 Å². The lowest BCUT2D eigenvalue weighted by molar-refractivity contribution is -0.118. The van der Waals surface area contributed by atoms with Gasteiger partial charge in [-0.1, -0.05) is 0 Å². The molecule has 0 atom stereocenters. The van der Waals surface area contributed by atoms with Gasteiger partial charge < -0.3 is 5.32 Å². The third kappa shape index (κ3) is 4.49. The predicted molar refractivity (Wildman–Crippen MR) is 76.2 cm³/mol. The highest BCUT2D eigenvalue weighted by molar-refractivity contribution is 7.10. The maximum atomic E-state index is 12.8. The van der Waals surface area contributed by atoms with E-state index in [0.29, 0.717) is 19.3 Å². The summed E-state index contributed by atoms with van der Waals surface area (Å²) in [5, 5.41) is 5.65. The monoisotopic (exact) mass is 298 g/mol. The molecule has 0 radical (unpaired) electrons. The van der Waals surface area contributed by atoms with Crippen molar-refractivity contribution < 1.29 is 9.18 Å². The predicted octanol–water partition coefficient (Wildman–Crippen LogP) is 2.81. The molecule has 0 aliphatic heterocycles. The maximum Gasteiger partial charge on any atom is 0.176 e. The number of aromatic nitrogens is 1. The summed E-state index contributed by atoms with van der Waals surface area (Å²) in [7, 11) is 1.87. The van der Waals surface area contributed by atoms with Gasteiger partial charge >= 0.3 is 0 Å². The molecule has 0 saturated carbocycles. The highest BCUT2D eigenvalue weighted by atomic mass is 32.1. The zero-order chi connectivity index (χ0) is 13.7. The highest BCUT2D eigenvalue weighted by Crippen LogP contribution is 2.17. The van der Waals surface area contributed by atoms with Gasteiger partial charge in [-0.15, -0.1) is 22.7 Å². The number of ketones is 1. The molecule has 0 aromatic carbocycles. The molecular formula is C13H15FN2OS2. The molecule has 0 aliphatic rings. The van der Waals surface area contributed by atoms with Gasteiger partial charge in [-0.05, 0) is 25.6 Å². The van der Waals surface area contributed by atoms with Crippen LogP contribution in [0, 0.1) is 5.13 Å². The molecule has 0 unspecified atom stereocenters. The fourth-order valence-corrected chi connectivity index (χ4v) is 3.25. The highest BCUT2D eigenvalue weighted by Gasteiger charge is 2.09. The number of thiazole rings is 1. The van der Waals surface area contributed by atoms with Gasteiger partial charge in [0.2, 0.25) is 0 Å². The SMILES string of the molecule is CNCc1csc(CC(=O)CCc2ccc(F)s2)n1. The van der Waals surface area contributed by atoms with Crippen molar-refractivity contribution in [3.63, 3.8) is 0 Å². The Morgan fingerprint density at radius 1 is 1.47 bits per heavy atom. The summed E-state index contributed by atoms with van der Waals surface area (Å²) in [5.41, 5.74) is 0.968. The van der Waals surface area contributed by atoms with Crippen molar-refractivity contribution in [1.29, 1.82) is 0 Å². The minimum absolute atomic E-state index is 0.152. The molecule has 2 aromatic heterocycles. The van der Waals surface area contributed by atoms with E-state index in [9.17, 15) is 9.18 Å². The molecule has 0 bridgehead atoms. The average Bonchev–Trinajstić information content (AvgIpc) is 2.97. The van der Waals surface area contributed by atoms with Crippen molar-refractivity contribution in [2.75, 3.05) is 7.05 Å². The fraction of sp³-hybridized carbons (Fsp3) is 0.385. The van der Waals surface area contributed by atoms with Crippen LogP contribution >= 0.6 is 22.7 Å². The molecule has 1 N–H and O–H groups in total. The number of halogens is 1. The summed E-state index contributed by atoms with van der Waals surface area (Å²) >= 11 is 2.62. The first-order valence-electron chi connectivity index (χ1n) is 6.01. The lowest BCUT2D eigenvalue weighted by atomic mass is 10.1. The van der Waals surface area contributed by atoms with Crippen LogP contribution in [0.5, 0.6) is 0 Å². The Bertz CT molecular complexity index is 550. The zero-order valence-corrected chi connectivity index (χ0v) is 12.2. The number of Topliss-reactive ketones (excluding diaryl/α,β-unsaturated/α-hetero) is 1. The first kappa shape index (κ1) is 14.3. The van der Waals surface area contributed by atoms with Gasteiger partial charge in [0.1, 0.15) is 10.8 Å². The summed E-state index contributed by atoms with van der Waals surface area (Å²) in [6.07, 6.45) is 1.44. The lowest BCUT2D eigenvalue weighted by Gasteiger charge is -1.97. The molecule has 0 fully saturated rings. The van der Waals surface area contributed by atoms with Crippen LogP contribution in [0.15, 0.2) is 17.5 Å². The van der Waals surface area contributed by atoms with Gasteiger partial charge in [0.25, 0.3) is 0 Å². The second-order valence-corrected chi connectivity index (χ2v) is 6.25. The van der Waals surface area contributed by atoms with E-state index in [1.165, 1.54) is 17.4 Å². The maximum absolute atomic E-state index is 12.8. The lowest BCUT2D eigenvalue weighted by Crippen LogP contribution is -2.06. The van der Waals surface area contributed by atoms with E-state index in [4.69, 9.17) is 0 Å².